The minimum absolute atomic E-state index is 0.495. The summed E-state index contributed by atoms with van der Waals surface area (Å²) in [6, 6.07) is 0. The summed E-state index contributed by atoms with van der Waals surface area (Å²) in [7, 11) is -1.46. The molecule has 0 aliphatic rings. The zero-order valence-electron chi connectivity index (χ0n) is 13.0. The Kier molecular flexibility index (Phi) is 10.4. The van der Waals surface area contributed by atoms with E-state index in [0.717, 1.165) is 12.5 Å². The molecular formula is C12H28N4O3S. The third-order valence-corrected chi connectivity index (χ3v) is 3.98. The highest BCUT2D eigenvalue weighted by Crippen LogP contribution is 1.98. The molecule has 0 radical (unpaired) electrons. The molecule has 0 aromatic heterocycles. The van der Waals surface area contributed by atoms with E-state index in [1.165, 1.54) is 10.6 Å². The van der Waals surface area contributed by atoms with E-state index in [2.05, 4.69) is 15.6 Å². The maximum Gasteiger partial charge on any atom is 0.211 e. The predicted octanol–water partition coefficient (Wildman–Crippen LogP) is -0.140. The number of sulfonamides is 1. The standard InChI is InChI=1S/C12H28N4O3S/c1-5-13-12(15-9-11-19-3)14-8-7-10-16(6-2)20(4,17)18/h5-11H2,1-4H3,(H2,13,14,15). The van der Waals surface area contributed by atoms with Crippen LogP contribution in [0.25, 0.3) is 0 Å². The molecule has 0 bridgehead atoms. The molecule has 0 saturated heterocycles. The first-order valence-corrected chi connectivity index (χ1v) is 8.76. The highest BCUT2D eigenvalue weighted by molar-refractivity contribution is 7.88. The second kappa shape index (κ2) is 10.9. The van der Waals surface area contributed by atoms with Crippen molar-refractivity contribution in [3.63, 3.8) is 0 Å². The summed E-state index contributed by atoms with van der Waals surface area (Å²) in [6.45, 7) is 7.48. The van der Waals surface area contributed by atoms with Crippen LogP contribution in [0.3, 0.4) is 0 Å². The minimum atomic E-state index is -3.11. The molecule has 0 saturated carbocycles. The van der Waals surface area contributed by atoms with Crippen LogP contribution in [0.15, 0.2) is 4.99 Å². The Bertz CT molecular complexity index is 371. The van der Waals surface area contributed by atoms with Gasteiger partial charge in [-0.2, -0.15) is 0 Å². The second-order valence-electron chi connectivity index (χ2n) is 4.29. The van der Waals surface area contributed by atoms with Crippen molar-refractivity contribution in [2.75, 3.05) is 52.7 Å². The smallest absolute Gasteiger partial charge is 0.211 e. The van der Waals surface area contributed by atoms with Crippen LogP contribution >= 0.6 is 0 Å². The zero-order chi connectivity index (χ0) is 15.4. The molecule has 120 valence electrons. The van der Waals surface area contributed by atoms with Crippen molar-refractivity contribution < 1.29 is 13.2 Å². The lowest BCUT2D eigenvalue weighted by atomic mass is 10.4. The van der Waals surface area contributed by atoms with E-state index in [1.807, 2.05) is 13.8 Å². The third kappa shape index (κ3) is 9.11. The lowest BCUT2D eigenvalue weighted by Gasteiger charge is -2.17. The van der Waals surface area contributed by atoms with Gasteiger partial charge in [0.25, 0.3) is 0 Å². The average Bonchev–Trinajstić information content (AvgIpc) is 2.37. The Morgan fingerprint density at radius 2 is 2.00 bits per heavy atom. The first-order chi connectivity index (χ1) is 9.45. The van der Waals surface area contributed by atoms with Crippen LogP contribution in [0, 0.1) is 0 Å². The summed E-state index contributed by atoms with van der Waals surface area (Å²) in [5.41, 5.74) is 0. The van der Waals surface area contributed by atoms with Crippen molar-refractivity contribution >= 4 is 16.0 Å². The van der Waals surface area contributed by atoms with Crippen LogP contribution in [0.4, 0.5) is 0 Å². The van der Waals surface area contributed by atoms with E-state index in [0.29, 0.717) is 39.2 Å². The maximum absolute atomic E-state index is 11.4. The Labute approximate surface area is 122 Å². The predicted molar refractivity (Wildman–Crippen MR) is 82.6 cm³/mol. The number of aliphatic imine (C=N–C) groups is 1. The van der Waals surface area contributed by atoms with Gasteiger partial charge in [0.1, 0.15) is 0 Å². The molecule has 0 aliphatic heterocycles. The van der Waals surface area contributed by atoms with Crippen molar-refractivity contribution in [1.29, 1.82) is 0 Å². The molecule has 7 nitrogen and oxygen atoms in total. The van der Waals surface area contributed by atoms with Gasteiger partial charge in [-0.3, -0.25) is 4.99 Å². The van der Waals surface area contributed by atoms with Gasteiger partial charge in [0.15, 0.2) is 5.96 Å². The molecule has 0 heterocycles. The number of ether oxygens (including phenoxy) is 1. The zero-order valence-corrected chi connectivity index (χ0v) is 13.8. The van der Waals surface area contributed by atoms with E-state index in [1.54, 1.807) is 7.11 Å². The van der Waals surface area contributed by atoms with Gasteiger partial charge in [-0.1, -0.05) is 6.92 Å². The van der Waals surface area contributed by atoms with Crippen molar-refractivity contribution in [1.82, 2.24) is 14.9 Å². The second-order valence-corrected chi connectivity index (χ2v) is 6.27. The molecule has 0 aliphatic carbocycles. The third-order valence-electron chi connectivity index (χ3n) is 2.60. The summed E-state index contributed by atoms with van der Waals surface area (Å²) in [5.74, 6) is 0.729. The fourth-order valence-corrected chi connectivity index (χ4v) is 2.54. The first-order valence-electron chi connectivity index (χ1n) is 6.91. The molecule has 0 aromatic carbocycles. The van der Waals surface area contributed by atoms with E-state index < -0.39 is 10.0 Å². The van der Waals surface area contributed by atoms with Crippen LogP contribution in [0.2, 0.25) is 0 Å². The summed E-state index contributed by atoms with van der Waals surface area (Å²) in [6.07, 6.45) is 1.93. The number of hydrogen-bond acceptors (Lipinski definition) is 4. The number of nitrogens with one attached hydrogen (secondary N) is 2. The highest BCUT2D eigenvalue weighted by atomic mass is 32.2. The van der Waals surface area contributed by atoms with Gasteiger partial charge in [0, 0.05) is 39.8 Å². The van der Waals surface area contributed by atoms with Crippen LogP contribution < -0.4 is 10.6 Å². The van der Waals surface area contributed by atoms with E-state index >= 15 is 0 Å². The molecule has 0 atom stereocenters. The molecule has 2 N–H and O–H groups in total. The van der Waals surface area contributed by atoms with Gasteiger partial charge in [-0.15, -0.1) is 0 Å². The molecule has 8 heteroatoms. The summed E-state index contributed by atoms with van der Waals surface area (Å²) >= 11 is 0. The number of rotatable bonds is 10. The van der Waals surface area contributed by atoms with Crippen LogP contribution in [-0.2, 0) is 14.8 Å². The van der Waals surface area contributed by atoms with E-state index in [-0.39, 0.29) is 0 Å². The molecular weight excluding hydrogens is 280 g/mol. The van der Waals surface area contributed by atoms with Crippen molar-refractivity contribution in [2.24, 2.45) is 4.99 Å². The van der Waals surface area contributed by atoms with Gasteiger partial charge in [-0.05, 0) is 13.3 Å². The number of guanidine groups is 1. The van der Waals surface area contributed by atoms with E-state index in [9.17, 15) is 8.42 Å². The topological polar surface area (TPSA) is 83.0 Å². The SMILES string of the molecule is CCNC(=NCCCN(CC)S(C)(=O)=O)NCCOC. The lowest BCUT2D eigenvalue weighted by molar-refractivity contribution is 0.203. The van der Waals surface area contributed by atoms with Crippen LogP contribution in [0.5, 0.6) is 0 Å². The molecule has 0 rings (SSSR count). The largest absolute Gasteiger partial charge is 0.383 e. The Hall–Kier alpha value is -0.860. The number of nitrogens with zero attached hydrogens (tertiary/aromatic N) is 2. The van der Waals surface area contributed by atoms with Crippen molar-refractivity contribution in [3.8, 4) is 0 Å². The number of hydrogen-bond donors (Lipinski definition) is 2. The normalized spacial score (nSPS) is 12.8. The van der Waals surface area contributed by atoms with E-state index in [4.69, 9.17) is 4.74 Å². The summed E-state index contributed by atoms with van der Waals surface area (Å²) in [4.78, 5) is 4.39. The van der Waals surface area contributed by atoms with Crippen molar-refractivity contribution in [3.05, 3.63) is 0 Å². The molecule has 0 spiro atoms. The van der Waals surface area contributed by atoms with Gasteiger partial charge < -0.3 is 15.4 Å². The van der Waals surface area contributed by atoms with Crippen LogP contribution in [-0.4, -0.2) is 71.4 Å². The Morgan fingerprint density at radius 3 is 2.50 bits per heavy atom. The monoisotopic (exact) mass is 308 g/mol. The summed E-state index contributed by atoms with van der Waals surface area (Å²) in [5, 5.41) is 6.26. The molecule has 0 aromatic rings. The lowest BCUT2D eigenvalue weighted by Crippen LogP contribution is -2.39. The molecule has 0 amide bonds. The minimum Gasteiger partial charge on any atom is -0.383 e. The molecule has 0 unspecified atom stereocenters. The summed E-state index contributed by atoms with van der Waals surface area (Å²) < 4.78 is 29.3. The van der Waals surface area contributed by atoms with Crippen LogP contribution in [0.1, 0.15) is 20.3 Å². The fourth-order valence-electron chi connectivity index (χ4n) is 1.61. The quantitative estimate of drug-likeness (QED) is 0.333. The van der Waals surface area contributed by atoms with Gasteiger partial charge in [-0.25, -0.2) is 12.7 Å². The average molecular weight is 308 g/mol. The first kappa shape index (κ1) is 19.1. The highest BCUT2D eigenvalue weighted by Gasteiger charge is 2.12. The Balaban J connectivity index is 4.15. The Morgan fingerprint density at radius 1 is 1.30 bits per heavy atom. The fraction of sp³-hybridized carbons (Fsp3) is 0.917. The molecule has 20 heavy (non-hydrogen) atoms. The van der Waals surface area contributed by atoms with Crippen molar-refractivity contribution in [2.45, 2.75) is 20.3 Å². The van der Waals surface area contributed by atoms with Gasteiger partial charge >= 0.3 is 0 Å². The van der Waals surface area contributed by atoms with Gasteiger partial charge in [0.05, 0.1) is 12.9 Å². The van der Waals surface area contributed by atoms with Gasteiger partial charge in [0.2, 0.25) is 10.0 Å². The number of methoxy groups -OCH3 is 1. The maximum atomic E-state index is 11.4. The molecule has 0 fully saturated rings.